The summed E-state index contributed by atoms with van der Waals surface area (Å²) in [6.07, 6.45) is 9.26. The highest BCUT2D eigenvalue weighted by molar-refractivity contribution is 7.90. The first-order valence-electron chi connectivity index (χ1n) is 12.0. The normalized spacial score (nSPS) is 14.5. The molecule has 8 nitrogen and oxygen atoms in total. The number of benzene rings is 2. The van der Waals surface area contributed by atoms with Gasteiger partial charge >= 0.3 is 6.03 Å². The quantitative estimate of drug-likeness (QED) is 0.451. The van der Waals surface area contributed by atoms with Crippen molar-refractivity contribution in [2.75, 3.05) is 32.4 Å². The minimum Gasteiger partial charge on any atom is -0.489 e. The molecule has 0 spiro atoms. The van der Waals surface area contributed by atoms with Crippen LogP contribution in [0.25, 0.3) is 11.3 Å². The van der Waals surface area contributed by atoms with Crippen molar-refractivity contribution < 1.29 is 17.9 Å². The number of imidazole rings is 1. The molecule has 2 aromatic carbocycles. The second kappa shape index (κ2) is 11.5. The van der Waals surface area contributed by atoms with E-state index in [1.54, 1.807) is 30.5 Å². The highest BCUT2D eigenvalue weighted by Crippen LogP contribution is 2.22. The summed E-state index contributed by atoms with van der Waals surface area (Å²) in [5.74, 6) is 0.687. The Kier molecular flexibility index (Phi) is 8.20. The van der Waals surface area contributed by atoms with E-state index in [1.807, 2.05) is 24.3 Å². The number of rotatable bonds is 9. The fourth-order valence-electron chi connectivity index (χ4n) is 4.08. The zero-order valence-corrected chi connectivity index (χ0v) is 20.8. The molecule has 35 heavy (non-hydrogen) atoms. The predicted molar refractivity (Wildman–Crippen MR) is 135 cm³/mol. The molecule has 0 aliphatic carbocycles. The van der Waals surface area contributed by atoms with Gasteiger partial charge in [-0.25, -0.2) is 18.2 Å². The number of amides is 1. The summed E-state index contributed by atoms with van der Waals surface area (Å²) in [5, 5.41) is 2.96. The third kappa shape index (κ3) is 7.16. The zero-order chi connectivity index (χ0) is 24.7. The first-order valence-corrected chi connectivity index (χ1v) is 13.8. The van der Waals surface area contributed by atoms with E-state index in [0.717, 1.165) is 24.1 Å². The Bertz CT molecular complexity index is 1210. The first-order chi connectivity index (χ1) is 16.9. The molecule has 4 rings (SSSR count). The van der Waals surface area contributed by atoms with Gasteiger partial charge in [-0.3, -0.25) is 4.57 Å². The van der Waals surface area contributed by atoms with Gasteiger partial charge in [0.15, 0.2) is 9.84 Å². The van der Waals surface area contributed by atoms with E-state index in [2.05, 4.69) is 15.2 Å². The Hall–Kier alpha value is -3.17. The smallest absolute Gasteiger partial charge is 0.326 e. The van der Waals surface area contributed by atoms with Crippen molar-refractivity contribution in [1.29, 1.82) is 0 Å². The fraction of sp³-hybridized carbons (Fsp3) is 0.385. The van der Waals surface area contributed by atoms with Crippen molar-refractivity contribution in [2.45, 2.75) is 37.2 Å². The molecule has 0 bridgehead atoms. The minimum absolute atomic E-state index is 0.177. The third-order valence-corrected chi connectivity index (χ3v) is 7.23. The molecular formula is C26H32N4O4S. The highest BCUT2D eigenvalue weighted by atomic mass is 32.2. The Labute approximate surface area is 206 Å². The van der Waals surface area contributed by atoms with Gasteiger partial charge in [-0.1, -0.05) is 18.6 Å². The number of ether oxygens (including phenoxy) is 1. The van der Waals surface area contributed by atoms with E-state index in [9.17, 15) is 13.2 Å². The van der Waals surface area contributed by atoms with Crippen molar-refractivity contribution in [3.63, 3.8) is 0 Å². The monoisotopic (exact) mass is 496 g/mol. The zero-order valence-electron chi connectivity index (χ0n) is 20.0. The largest absolute Gasteiger partial charge is 0.489 e. The minimum atomic E-state index is -3.21. The number of carbonyl (C=O) groups excluding carboxylic acids is 1. The molecule has 1 aromatic heterocycles. The average Bonchev–Trinajstić information content (AvgIpc) is 3.36. The molecule has 1 N–H and O–H groups in total. The van der Waals surface area contributed by atoms with E-state index in [0.29, 0.717) is 24.6 Å². The van der Waals surface area contributed by atoms with Crippen LogP contribution >= 0.6 is 0 Å². The molecule has 0 unspecified atom stereocenters. The molecule has 1 saturated heterocycles. The second-order valence-corrected chi connectivity index (χ2v) is 10.9. The van der Waals surface area contributed by atoms with Gasteiger partial charge in [0.05, 0.1) is 10.6 Å². The van der Waals surface area contributed by atoms with Crippen LogP contribution in [0.1, 0.15) is 31.2 Å². The van der Waals surface area contributed by atoms with Gasteiger partial charge in [0, 0.05) is 24.6 Å². The average molecular weight is 497 g/mol. The summed E-state index contributed by atoms with van der Waals surface area (Å²) in [6, 6.07) is 14.0. The summed E-state index contributed by atoms with van der Waals surface area (Å²) >= 11 is 0. The first kappa shape index (κ1) is 24.9. The van der Waals surface area contributed by atoms with Crippen LogP contribution in [-0.2, 0) is 16.4 Å². The SMILES string of the molecule is CS(=O)(=O)c1ccc(COc2ccc(-c3cn(C(=O)NCCCN4CCCCC4)cn3)cc2)cc1. The molecule has 1 fully saturated rings. The van der Waals surface area contributed by atoms with Gasteiger partial charge in [0.25, 0.3) is 0 Å². The van der Waals surface area contributed by atoms with E-state index in [-0.39, 0.29) is 10.9 Å². The van der Waals surface area contributed by atoms with Crippen molar-refractivity contribution in [3.05, 3.63) is 66.6 Å². The van der Waals surface area contributed by atoms with Gasteiger partial charge in [0.1, 0.15) is 18.7 Å². The van der Waals surface area contributed by atoms with Crippen molar-refractivity contribution in [3.8, 4) is 17.0 Å². The molecule has 1 aliphatic rings. The van der Waals surface area contributed by atoms with E-state index in [4.69, 9.17) is 4.74 Å². The number of carbonyl (C=O) groups is 1. The van der Waals surface area contributed by atoms with Gasteiger partial charge in [0.2, 0.25) is 0 Å². The molecular weight excluding hydrogens is 464 g/mol. The molecule has 3 aromatic rings. The van der Waals surface area contributed by atoms with Gasteiger partial charge in [-0.15, -0.1) is 0 Å². The number of likely N-dealkylation sites (tertiary alicyclic amines) is 1. The van der Waals surface area contributed by atoms with E-state index < -0.39 is 9.84 Å². The van der Waals surface area contributed by atoms with Crippen LogP contribution in [0.15, 0.2) is 66.0 Å². The lowest BCUT2D eigenvalue weighted by Gasteiger charge is -2.26. The highest BCUT2D eigenvalue weighted by Gasteiger charge is 2.11. The van der Waals surface area contributed by atoms with Gasteiger partial charge in [-0.2, -0.15) is 0 Å². The fourth-order valence-corrected chi connectivity index (χ4v) is 4.71. The summed E-state index contributed by atoms with van der Waals surface area (Å²) in [7, 11) is -3.21. The molecule has 9 heteroatoms. The molecule has 0 atom stereocenters. The van der Waals surface area contributed by atoms with Crippen LogP contribution in [0.3, 0.4) is 0 Å². The molecule has 0 saturated carbocycles. The van der Waals surface area contributed by atoms with Gasteiger partial charge < -0.3 is 15.0 Å². The lowest BCUT2D eigenvalue weighted by Crippen LogP contribution is -2.34. The van der Waals surface area contributed by atoms with Crippen LogP contribution < -0.4 is 10.1 Å². The van der Waals surface area contributed by atoms with E-state index >= 15 is 0 Å². The molecule has 1 aliphatic heterocycles. The number of hydrogen-bond donors (Lipinski definition) is 1. The van der Waals surface area contributed by atoms with Crippen molar-refractivity contribution >= 4 is 15.9 Å². The third-order valence-electron chi connectivity index (χ3n) is 6.10. The number of hydrogen-bond acceptors (Lipinski definition) is 6. The van der Waals surface area contributed by atoms with E-state index in [1.165, 1.54) is 49.5 Å². The van der Waals surface area contributed by atoms with Crippen molar-refractivity contribution in [2.24, 2.45) is 0 Å². The van der Waals surface area contributed by atoms with Crippen LogP contribution in [0.2, 0.25) is 0 Å². The maximum absolute atomic E-state index is 12.4. The van der Waals surface area contributed by atoms with Crippen LogP contribution in [0.5, 0.6) is 5.75 Å². The van der Waals surface area contributed by atoms with Crippen molar-refractivity contribution in [1.82, 2.24) is 19.8 Å². The second-order valence-electron chi connectivity index (χ2n) is 8.88. The number of aromatic nitrogens is 2. The van der Waals surface area contributed by atoms with Gasteiger partial charge in [-0.05, 0) is 80.9 Å². The Morgan fingerprint density at radius 3 is 2.43 bits per heavy atom. The van der Waals surface area contributed by atoms with Crippen LogP contribution in [-0.4, -0.2) is 61.3 Å². The molecule has 186 valence electrons. The maximum Gasteiger partial charge on any atom is 0.326 e. The summed E-state index contributed by atoms with van der Waals surface area (Å²) < 4.78 is 30.4. The maximum atomic E-state index is 12.4. The summed E-state index contributed by atoms with van der Waals surface area (Å²) in [5.41, 5.74) is 2.46. The molecule has 0 radical (unpaired) electrons. The van der Waals surface area contributed by atoms with Crippen LogP contribution in [0.4, 0.5) is 4.79 Å². The molecule has 2 heterocycles. The summed E-state index contributed by atoms with van der Waals surface area (Å²) in [4.78, 5) is 19.6. The number of piperidine rings is 1. The Balaban J connectivity index is 1.24. The summed E-state index contributed by atoms with van der Waals surface area (Å²) in [6.45, 7) is 4.33. The topological polar surface area (TPSA) is 93.5 Å². The van der Waals surface area contributed by atoms with Crippen LogP contribution in [0, 0.1) is 0 Å². The number of nitrogens with one attached hydrogen (secondary N) is 1. The lowest BCUT2D eigenvalue weighted by atomic mass is 10.1. The predicted octanol–water partition coefficient (Wildman–Crippen LogP) is 3.97. The number of nitrogens with zero attached hydrogens (tertiary/aromatic N) is 3. The Morgan fingerprint density at radius 1 is 1.03 bits per heavy atom. The standard InChI is InChI=1S/C26H32N4O4S/c1-35(32,33)24-12-6-21(7-13-24)19-34-23-10-8-22(9-11-23)25-18-30(20-28-25)26(31)27-14-5-17-29-15-3-2-4-16-29/h6-13,18,20H,2-5,14-17,19H2,1H3,(H,27,31). The number of sulfone groups is 1. The molecule has 1 amide bonds. The Morgan fingerprint density at radius 2 is 1.74 bits per heavy atom. The lowest BCUT2D eigenvalue weighted by molar-refractivity contribution is 0.222.